The molecule has 0 spiro atoms. The Morgan fingerprint density at radius 2 is 1.70 bits per heavy atom. The lowest BCUT2D eigenvalue weighted by molar-refractivity contribution is -0.120. The van der Waals surface area contributed by atoms with E-state index in [2.05, 4.69) is 62.2 Å². The Kier molecular flexibility index (Phi) is 9.43. The standard InChI is InChI=1S/C34H40N2O4/c1-24-20-27(12-15-31(24)39-5)26-10-8-25(9-11-26)23-36(32(38)22-34(2,3)4)33-30-14-13-29(40-19-7-6-18-37)21-28(30)16-17-35-33/h8-17,20-21,37H,6-7,18-19,22-23H2,1-5H3. The Labute approximate surface area is 237 Å². The fourth-order valence-corrected chi connectivity index (χ4v) is 4.72. The van der Waals surface area contributed by atoms with E-state index in [1.165, 1.54) is 0 Å². The number of anilines is 1. The molecule has 4 rings (SSSR count). The molecular weight excluding hydrogens is 500 g/mol. The first kappa shape index (κ1) is 29.1. The molecule has 0 saturated heterocycles. The highest BCUT2D eigenvalue weighted by molar-refractivity contribution is 6.02. The van der Waals surface area contributed by atoms with Gasteiger partial charge in [0.05, 0.1) is 20.3 Å². The maximum atomic E-state index is 13.7. The summed E-state index contributed by atoms with van der Waals surface area (Å²) in [4.78, 5) is 20.2. The first-order valence-electron chi connectivity index (χ1n) is 13.9. The van der Waals surface area contributed by atoms with Gasteiger partial charge in [-0.2, -0.15) is 0 Å². The van der Waals surface area contributed by atoms with Crippen LogP contribution in [0.1, 0.15) is 51.2 Å². The molecule has 0 saturated carbocycles. The molecule has 0 bridgehead atoms. The van der Waals surface area contributed by atoms with Crippen LogP contribution in [-0.2, 0) is 11.3 Å². The van der Waals surface area contributed by atoms with Crippen LogP contribution >= 0.6 is 0 Å². The summed E-state index contributed by atoms with van der Waals surface area (Å²) in [7, 11) is 1.68. The normalized spacial score (nSPS) is 11.4. The van der Waals surface area contributed by atoms with Crippen molar-refractivity contribution in [2.75, 3.05) is 25.2 Å². The first-order valence-corrected chi connectivity index (χ1v) is 13.9. The lowest BCUT2D eigenvalue weighted by Gasteiger charge is -2.27. The fraction of sp³-hybridized carbons (Fsp3) is 0.353. The topological polar surface area (TPSA) is 71.9 Å². The zero-order chi connectivity index (χ0) is 28.7. The number of carbonyl (C=O) groups excluding carboxylic acids is 1. The van der Waals surface area contributed by atoms with Gasteiger partial charge >= 0.3 is 0 Å². The summed E-state index contributed by atoms with van der Waals surface area (Å²) in [5.41, 5.74) is 4.18. The molecule has 6 nitrogen and oxygen atoms in total. The van der Waals surface area contributed by atoms with Gasteiger partial charge in [0.1, 0.15) is 17.3 Å². The van der Waals surface area contributed by atoms with E-state index in [4.69, 9.17) is 14.6 Å². The SMILES string of the molecule is COc1ccc(-c2ccc(CN(C(=O)CC(C)(C)C)c3nccc4cc(OCCCCO)ccc34)cc2)cc1C. The molecule has 40 heavy (non-hydrogen) atoms. The Bertz CT molecular complexity index is 1440. The van der Waals surface area contributed by atoms with Gasteiger partial charge in [-0.25, -0.2) is 4.98 Å². The first-order chi connectivity index (χ1) is 19.2. The predicted octanol–water partition coefficient (Wildman–Crippen LogP) is 7.34. The van der Waals surface area contributed by atoms with Crippen LogP contribution in [0.5, 0.6) is 11.5 Å². The van der Waals surface area contributed by atoms with Crippen molar-refractivity contribution in [3.05, 3.63) is 84.1 Å². The average Bonchev–Trinajstić information content (AvgIpc) is 2.93. The van der Waals surface area contributed by atoms with Crippen molar-refractivity contribution >= 4 is 22.5 Å². The number of fused-ring (bicyclic) bond motifs is 1. The van der Waals surface area contributed by atoms with Gasteiger partial charge in [0, 0.05) is 24.6 Å². The highest BCUT2D eigenvalue weighted by Crippen LogP contribution is 2.32. The second-order valence-electron chi connectivity index (χ2n) is 11.4. The smallest absolute Gasteiger partial charge is 0.229 e. The van der Waals surface area contributed by atoms with Gasteiger partial charge in [0.2, 0.25) is 5.91 Å². The molecule has 1 heterocycles. The van der Waals surface area contributed by atoms with Gasteiger partial charge in [-0.15, -0.1) is 0 Å². The quantitative estimate of drug-likeness (QED) is 0.202. The maximum Gasteiger partial charge on any atom is 0.229 e. The Morgan fingerprint density at radius 3 is 2.38 bits per heavy atom. The molecule has 1 aromatic heterocycles. The maximum absolute atomic E-state index is 13.7. The van der Waals surface area contributed by atoms with Crippen LogP contribution in [0.4, 0.5) is 5.82 Å². The number of hydrogen-bond donors (Lipinski definition) is 1. The van der Waals surface area contributed by atoms with Gasteiger partial charge < -0.3 is 14.6 Å². The molecule has 0 fully saturated rings. The average molecular weight is 541 g/mol. The molecule has 0 aliphatic heterocycles. The van der Waals surface area contributed by atoms with Crippen molar-refractivity contribution in [3.8, 4) is 22.6 Å². The van der Waals surface area contributed by atoms with E-state index < -0.39 is 0 Å². The number of aliphatic hydroxyl groups excluding tert-OH is 1. The molecule has 0 unspecified atom stereocenters. The van der Waals surface area contributed by atoms with Gasteiger partial charge in [0.15, 0.2) is 0 Å². The van der Waals surface area contributed by atoms with Gasteiger partial charge in [-0.05, 0) is 89.2 Å². The predicted molar refractivity (Wildman–Crippen MR) is 162 cm³/mol. The molecule has 1 N–H and O–H groups in total. The monoisotopic (exact) mass is 540 g/mol. The number of amides is 1. The number of methoxy groups -OCH3 is 1. The van der Waals surface area contributed by atoms with Crippen molar-refractivity contribution in [2.24, 2.45) is 5.41 Å². The number of unbranched alkanes of at least 4 members (excludes halogenated alkanes) is 1. The van der Waals surface area contributed by atoms with E-state index in [-0.39, 0.29) is 17.9 Å². The van der Waals surface area contributed by atoms with Crippen LogP contribution in [0.2, 0.25) is 0 Å². The minimum absolute atomic E-state index is 0.0340. The number of aliphatic hydroxyl groups is 1. The van der Waals surface area contributed by atoms with E-state index in [1.54, 1.807) is 13.3 Å². The Morgan fingerprint density at radius 1 is 0.950 bits per heavy atom. The van der Waals surface area contributed by atoms with Crippen LogP contribution in [0.3, 0.4) is 0 Å². The summed E-state index contributed by atoms with van der Waals surface area (Å²) in [6.07, 6.45) is 3.66. The zero-order valence-electron chi connectivity index (χ0n) is 24.2. The van der Waals surface area contributed by atoms with E-state index in [0.29, 0.717) is 31.8 Å². The lowest BCUT2D eigenvalue weighted by atomic mass is 9.91. The number of hydrogen-bond acceptors (Lipinski definition) is 5. The highest BCUT2D eigenvalue weighted by Gasteiger charge is 2.25. The van der Waals surface area contributed by atoms with E-state index in [0.717, 1.165) is 50.9 Å². The molecule has 6 heteroatoms. The summed E-state index contributed by atoms with van der Waals surface area (Å²) >= 11 is 0. The van der Waals surface area contributed by atoms with Crippen molar-refractivity contribution in [1.29, 1.82) is 0 Å². The molecule has 210 valence electrons. The third kappa shape index (κ3) is 7.39. The van der Waals surface area contributed by atoms with Crippen molar-refractivity contribution in [2.45, 2.75) is 53.5 Å². The summed E-state index contributed by atoms with van der Waals surface area (Å²) < 4.78 is 11.3. The van der Waals surface area contributed by atoms with Crippen molar-refractivity contribution < 1.29 is 19.4 Å². The van der Waals surface area contributed by atoms with E-state index in [9.17, 15) is 4.79 Å². The van der Waals surface area contributed by atoms with Gasteiger partial charge in [-0.3, -0.25) is 9.69 Å². The number of nitrogens with zero attached hydrogens (tertiary/aromatic N) is 2. The second-order valence-corrected chi connectivity index (χ2v) is 11.4. The highest BCUT2D eigenvalue weighted by atomic mass is 16.5. The summed E-state index contributed by atoms with van der Waals surface area (Å²) in [6, 6.07) is 22.3. The van der Waals surface area contributed by atoms with Crippen molar-refractivity contribution in [3.63, 3.8) is 0 Å². The molecule has 0 aliphatic carbocycles. The zero-order valence-corrected chi connectivity index (χ0v) is 24.2. The molecule has 0 atom stereocenters. The second kappa shape index (κ2) is 13.0. The molecular formula is C34H40N2O4. The summed E-state index contributed by atoms with van der Waals surface area (Å²) in [6.45, 7) is 9.40. The molecule has 3 aromatic carbocycles. The minimum atomic E-state index is -0.161. The number of rotatable bonds is 11. The van der Waals surface area contributed by atoms with E-state index >= 15 is 0 Å². The lowest BCUT2D eigenvalue weighted by Crippen LogP contribution is -2.34. The Hall–Kier alpha value is -3.90. The third-order valence-electron chi connectivity index (χ3n) is 6.80. The third-order valence-corrected chi connectivity index (χ3v) is 6.80. The van der Waals surface area contributed by atoms with Crippen LogP contribution < -0.4 is 14.4 Å². The number of ether oxygens (including phenoxy) is 2. The van der Waals surface area contributed by atoms with Crippen LogP contribution in [-0.4, -0.2) is 36.3 Å². The van der Waals surface area contributed by atoms with Crippen molar-refractivity contribution in [1.82, 2.24) is 4.98 Å². The van der Waals surface area contributed by atoms with Gasteiger partial charge in [0.25, 0.3) is 0 Å². The number of carbonyl (C=O) groups is 1. The van der Waals surface area contributed by atoms with Crippen LogP contribution in [0.15, 0.2) is 72.9 Å². The number of benzene rings is 3. The minimum Gasteiger partial charge on any atom is -0.496 e. The summed E-state index contributed by atoms with van der Waals surface area (Å²) in [5.74, 6) is 2.32. The number of pyridine rings is 1. The number of aryl methyl sites for hydroxylation is 1. The van der Waals surface area contributed by atoms with E-state index in [1.807, 2.05) is 42.2 Å². The molecule has 0 aliphatic rings. The number of aromatic nitrogens is 1. The summed E-state index contributed by atoms with van der Waals surface area (Å²) in [5, 5.41) is 10.9. The molecule has 0 radical (unpaired) electrons. The van der Waals surface area contributed by atoms with Crippen LogP contribution in [0, 0.1) is 12.3 Å². The molecule has 1 amide bonds. The molecule has 4 aromatic rings. The van der Waals surface area contributed by atoms with Gasteiger partial charge in [-0.1, -0.05) is 51.1 Å². The fourth-order valence-electron chi connectivity index (χ4n) is 4.72. The van der Waals surface area contributed by atoms with Crippen LogP contribution in [0.25, 0.3) is 21.9 Å². The Balaban J connectivity index is 1.63. The largest absolute Gasteiger partial charge is 0.496 e.